The number of aromatic nitrogens is 1. The van der Waals surface area contributed by atoms with Crippen molar-refractivity contribution in [2.45, 2.75) is 13.8 Å². The van der Waals surface area contributed by atoms with Crippen LogP contribution in [-0.2, 0) is 9.53 Å². The van der Waals surface area contributed by atoms with Gasteiger partial charge < -0.3 is 10.1 Å². The Morgan fingerprint density at radius 1 is 1.67 bits per heavy atom. The largest absolute Gasteiger partial charge is 0.372 e. The maximum atomic E-state index is 11.3. The highest BCUT2D eigenvalue weighted by molar-refractivity contribution is 9.10. The molecule has 1 N–H and O–H groups in total. The summed E-state index contributed by atoms with van der Waals surface area (Å²) in [6, 6.07) is 1.89. The average Bonchev–Trinajstić information content (AvgIpc) is 2.19. The number of hydrogen-bond acceptors (Lipinski definition) is 3. The number of aryl methyl sites for hydroxylation is 1. The molecule has 0 unspecified atom stereocenters. The van der Waals surface area contributed by atoms with Crippen LogP contribution in [0.1, 0.15) is 12.5 Å². The van der Waals surface area contributed by atoms with Crippen molar-refractivity contribution >= 4 is 27.7 Å². The molecule has 0 aromatic carbocycles. The summed E-state index contributed by atoms with van der Waals surface area (Å²) in [4.78, 5) is 15.4. The molecular formula is C10H13BrN2O2. The van der Waals surface area contributed by atoms with Gasteiger partial charge in [-0.2, -0.15) is 0 Å². The van der Waals surface area contributed by atoms with Gasteiger partial charge in [-0.1, -0.05) is 0 Å². The minimum Gasteiger partial charge on any atom is -0.372 e. The van der Waals surface area contributed by atoms with Crippen molar-refractivity contribution in [2.24, 2.45) is 0 Å². The molecule has 0 aliphatic carbocycles. The summed E-state index contributed by atoms with van der Waals surface area (Å²) < 4.78 is 5.75. The fraction of sp³-hybridized carbons (Fsp3) is 0.400. The predicted octanol–water partition coefficient (Wildman–Crippen LogP) is 2.13. The average molecular weight is 273 g/mol. The first-order valence-corrected chi connectivity index (χ1v) is 5.42. The van der Waals surface area contributed by atoms with Crippen LogP contribution in [0.5, 0.6) is 0 Å². The summed E-state index contributed by atoms with van der Waals surface area (Å²) in [7, 11) is 0. The number of nitrogens with zero attached hydrogens (tertiary/aromatic N) is 1. The van der Waals surface area contributed by atoms with E-state index < -0.39 is 0 Å². The Bertz CT molecular complexity index is 355. The van der Waals surface area contributed by atoms with Crippen LogP contribution in [0.4, 0.5) is 5.82 Å². The van der Waals surface area contributed by atoms with Crippen molar-refractivity contribution in [1.29, 1.82) is 0 Å². The first kappa shape index (κ1) is 12.1. The Morgan fingerprint density at radius 2 is 2.40 bits per heavy atom. The van der Waals surface area contributed by atoms with Crippen LogP contribution in [-0.4, -0.2) is 24.1 Å². The second-order valence-corrected chi connectivity index (χ2v) is 3.88. The zero-order chi connectivity index (χ0) is 11.3. The highest BCUT2D eigenvalue weighted by atomic mass is 79.9. The van der Waals surface area contributed by atoms with E-state index in [0.717, 1.165) is 10.0 Å². The van der Waals surface area contributed by atoms with Crippen molar-refractivity contribution in [2.75, 3.05) is 18.5 Å². The lowest BCUT2D eigenvalue weighted by Crippen LogP contribution is -2.19. The van der Waals surface area contributed by atoms with Crippen LogP contribution < -0.4 is 5.32 Å². The maximum Gasteiger partial charge on any atom is 0.251 e. The zero-order valence-corrected chi connectivity index (χ0v) is 10.3. The molecule has 0 aliphatic rings. The molecule has 1 aromatic heterocycles. The number of pyridine rings is 1. The standard InChI is InChI=1S/C10H13BrN2O2/c1-3-15-6-9(14)13-10-8(11)4-7(2)5-12-10/h4-5H,3,6H2,1-2H3,(H,12,13,14). The Morgan fingerprint density at radius 3 is 3.00 bits per heavy atom. The Hall–Kier alpha value is -0.940. The van der Waals surface area contributed by atoms with Crippen molar-refractivity contribution in [3.63, 3.8) is 0 Å². The molecule has 82 valence electrons. The minimum absolute atomic E-state index is 0.0541. The van der Waals surface area contributed by atoms with Gasteiger partial charge in [0, 0.05) is 12.8 Å². The first-order chi connectivity index (χ1) is 7.13. The van der Waals surface area contributed by atoms with Gasteiger partial charge in [-0.3, -0.25) is 4.79 Å². The third kappa shape index (κ3) is 3.97. The van der Waals surface area contributed by atoms with E-state index in [2.05, 4.69) is 26.2 Å². The molecule has 0 spiro atoms. The lowest BCUT2D eigenvalue weighted by Gasteiger charge is -2.06. The number of amides is 1. The number of carbonyl (C=O) groups is 1. The van der Waals surface area contributed by atoms with Crippen molar-refractivity contribution in [3.8, 4) is 0 Å². The van der Waals surface area contributed by atoms with E-state index in [9.17, 15) is 4.79 Å². The highest BCUT2D eigenvalue weighted by Gasteiger charge is 2.06. The van der Waals surface area contributed by atoms with E-state index in [-0.39, 0.29) is 12.5 Å². The molecule has 0 saturated carbocycles. The molecule has 0 fully saturated rings. The van der Waals surface area contributed by atoms with Crippen molar-refractivity contribution in [3.05, 3.63) is 22.3 Å². The van der Waals surface area contributed by atoms with E-state index in [4.69, 9.17) is 4.74 Å². The number of nitrogens with one attached hydrogen (secondary N) is 1. The molecule has 0 bridgehead atoms. The number of carbonyl (C=O) groups excluding carboxylic acids is 1. The molecule has 1 amide bonds. The van der Waals surface area contributed by atoms with Gasteiger partial charge in [0.1, 0.15) is 12.4 Å². The molecule has 5 heteroatoms. The Kier molecular flexibility index (Phi) is 4.71. The number of rotatable bonds is 4. The lowest BCUT2D eigenvalue weighted by molar-refractivity contribution is -0.120. The molecule has 1 heterocycles. The van der Waals surface area contributed by atoms with E-state index in [1.54, 1.807) is 6.20 Å². The molecule has 0 saturated heterocycles. The number of anilines is 1. The number of ether oxygens (including phenoxy) is 1. The van der Waals surface area contributed by atoms with Gasteiger partial charge in [-0.25, -0.2) is 4.98 Å². The fourth-order valence-electron chi connectivity index (χ4n) is 0.988. The van der Waals surface area contributed by atoms with Gasteiger partial charge in [0.05, 0.1) is 4.47 Å². The van der Waals surface area contributed by atoms with Crippen LogP contribution in [0.15, 0.2) is 16.7 Å². The van der Waals surface area contributed by atoms with Crippen LogP contribution in [0.25, 0.3) is 0 Å². The number of hydrogen-bond donors (Lipinski definition) is 1. The van der Waals surface area contributed by atoms with Gasteiger partial charge in [-0.15, -0.1) is 0 Å². The second kappa shape index (κ2) is 5.82. The van der Waals surface area contributed by atoms with Gasteiger partial charge in [0.2, 0.25) is 0 Å². The Balaban J connectivity index is 2.60. The van der Waals surface area contributed by atoms with E-state index >= 15 is 0 Å². The molecular weight excluding hydrogens is 260 g/mol. The third-order valence-corrected chi connectivity index (χ3v) is 2.28. The minimum atomic E-state index is -0.200. The van der Waals surface area contributed by atoms with Crippen LogP contribution in [0.3, 0.4) is 0 Å². The summed E-state index contributed by atoms with van der Waals surface area (Å²) >= 11 is 3.33. The molecule has 15 heavy (non-hydrogen) atoms. The van der Waals surface area contributed by atoms with Gasteiger partial charge in [0.15, 0.2) is 0 Å². The predicted molar refractivity (Wildman–Crippen MR) is 61.8 cm³/mol. The number of halogens is 1. The smallest absolute Gasteiger partial charge is 0.251 e. The lowest BCUT2D eigenvalue weighted by atomic mass is 10.3. The summed E-state index contributed by atoms with van der Waals surface area (Å²) in [5.41, 5.74) is 1.03. The van der Waals surface area contributed by atoms with Gasteiger partial charge in [-0.05, 0) is 41.4 Å². The monoisotopic (exact) mass is 272 g/mol. The maximum absolute atomic E-state index is 11.3. The summed E-state index contributed by atoms with van der Waals surface area (Å²) in [5.74, 6) is 0.319. The van der Waals surface area contributed by atoms with Gasteiger partial charge in [0.25, 0.3) is 5.91 Å². The molecule has 1 rings (SSSR count). The third-order valence-electron chi connectivity index (χ3n) is 1.67. The summed E-state index contributed by atoms with van der Waals surface area (Å²) in [6.07, 6.45) is 1.70. The van der Waals surface area contributed by atoms with E-state index in [1.807, 2.05) is 19.9 Å². The zero-order valence-electron chi connectivity index (χ0n) is 8.71. The molecule has 0 radical (unpaired) electrons. The summed E-state index contributed by atoms with van der Waals surface area (Å²) in [6.45, 7) is 4.35. The summed E-state index contributed by atoms with van der Waals surface area (Å²) in [5, 5.41) is 2.65. The molecule has 1 aromatic rings. The highest BCUT2D eigenvalue weighted by Crippen LogP contribution is 2.20. The van der Waals surface area contributed by atoms with Gasteiger partial charge >= 0.3 is 0 Å². The molecule has 4 nitrogen and oxygen atoms in total. The molecule has 0 atom stereocenters. The van der Waals surface area contributed by atoms with Crippen LogP contribution in [0.2, 0.25) is 0 Å². The topological polar surface area (TPSA) is 51.2 Å². The molecule has 0 aliphatic heterocycles. The van der Waals surface area contributed by atoms with Crippen LogP contribution >= 0.6 is 15.9 Å². The van der Waals surface area contributed by atoms with Crippen molar-refractivity contribution < 1.29 is 9.53 Å². The first-order valence-electron chi connectivity index (χ1n) is 4.63. The van der Waals surface area contributed by atoms with E-state index in [0.29, 0.717) is 12.4 Å². The quantitative estimate of drug-likeness (QED) is 0.914. The Labute approximate surface area is 97.2 Å². The SMILES string of the molecule is CCOCC(=O)Nc1ncc(C)cc1Br. The van der Waals surface area contributed by atoms with Crippen LogP contribution in [0, 0.1) is 6.92 Å². The normalized spacial score (nSPS) is 10.1. The second-order valence-electron chi connectivity index (χ2n) is 3.03. The van der Waals surface area contributed by atoms with Crippen molar-refractivity contribution in [1.82, 2.24) is 4.98 Å². The fourth-order valence-corrected chi connectivity index (χ4v) is 1.55. The van der Waals surface area contributed by atoms with E-state index in [1.165, 1.54) is 0 Å².